The van der Waals surface area contributed by atoms with Gasteiger partial charge < -0.3 is 14.6 Å². The van der Waals surface area contributed by atoms with E-state index in [4.69, 9.17) is 14.6 Å². The number of benzene rings is 1. The van der Waals surface area contributed by atoms with Crippen LogP contribution in [-0.2, 0) is 16.0 Å². The first-order chi connectivity index (χ1) is 9.17. The quantitative estimate of drug-likeness (QED) is 0.698. The number of aliphatic carboxylic acids is 1. The van der Waals surface area contributed by atoms with Crippen LogP contribution in [0, 0.1) is 0 Å². The molecule has 19 heavy (non-hydrogen) atoms. The number of unbranched alkanes of at least 4 members (excludes halogenated alkanes) is 1. The Bertz CT molecular complexity index is 372. The molecular formula is C15H22O4. The lowest BCUT2D eigenvalue weighted by molar-refractivity contribution is -0.150. The Morgan fingerprint density at radius 3 is 2.47 bits per heavy atom. The maximum atomic E-state index is 11.1. The van der Waals surface area contributed by atoms with Crippen molar-refractivity contribution in [1.82, 2.24) is 0 Å². The fourth-order valence-electron chi connectivity index (χ4n) is 1.69. The maximum Gasteiger partial charge on any atom is 0.333 e. The fraction of sp³-hybridized carbons (Fsp3) is 0.533. The van der Waals surface area contributed by atoms with Crippen LogP contribution in [0.2, 0.25) is 0 Å². The van der Waals surface area contributed by atoms with Gasteiger partial charge in [-0.1, -0.05) is 25.5 Å². The van der Waals surface area contributed by atoms with Crippen LogP contribution in [-0.4, -0.2) is 30.4 Å². The third kappa shape index (κ3) is 5.75. The summed E-state index contributed by atoms with van der Waals surface area (Å²) in [5.74, 6) is -0.116. The third-order valence-electron chi connectivity index (χ3n) is 2.75. The van der Waals surface area contributed by atoms with Gasteiger partial charge in [-0.15, -0.1) is 0 Å². The Balaban J connectivity index is 2.55. The summed E-state index contributed by atoms with van der Waals surface area (Å²) in [6.45, 7) is 5.09. The first-order valence-electron chi connectivity index (χ1n) is 6.73. The van der Waals surface area contributed by atoms with Gasteiger partial charge in [0.15, 0.2) is 6.10 Å². The van der Waals surface area contributed by atoms with Gasteiger partial charge in [0.05, 0.1) is 6.61 Å². The van der Waals surface area contributed by atoms with Gasteiger partial charge in [-0.3, -0.25) is 0 Å². The van der Waals surface area contributed by atoms with Gasteiger partial charge in [-0.05, 0) is 31.0 Å². The molecule has 0 spiro atoms. The van der Waals surface area contributed by atoms with Gasteiger partial charge in [0.2, 0.25) is 0 Å². The molecule has 0 aromatic heterocycles. The predicted octanol–water partition coefficient (Wildman–Crippen LogP) is 2.90. The molecule has 1 aromatic carbocycles. The van der Waals surface area contributed by atoms with Crippen LogP contribution in [0.15, 0.2) is 24.3 Å². The lowest BCUT2D eigenvalue weighted by atomic mass is 10.1. The molecule has 0 amide bonds. The highest BCUT2D eigenvalue weighted by Crippen LogP contribution is 2.14. The van der Waals surface area contributed by atoms with Crippen LogP contribution in [0.3, 0.4) is 0 Å². The van der Waals surface area contributed by atoms with Crippen molar-refractivity contribution in [2.45, 2.75) is 39.2 Å². The van der Waals surface area contributed by atoms with Gasteiger partial charge in [0.1, 0.15) is 5.75 Å². The highest BCUT2D eigenvalue weighted by molar-refractivity contribution is 5.72. The number of rotatable bonds is 9. The van der Waals surface area contributed by atoms with Crippen LogP contribution in [0.25, 0.3) is 0 Å². The standard InChI is InChI=1S/C15H22O4/c1-3-5-10-19-14(15(16)17)11-12-6-8-13(9-7-12)18-4-2/h6-9,14H,3-5,10-11H2,1-2H3,(H,16,17)/t14-/m1/s1. The van der Waals surface area contributed by atoms with Crippen molar-refractivity contribution in [2.75, 3.05) is 13.2 Å². The van der Waals surface area contributed by atoms with Crippen molar-refractivity contribution in [3.05, 3.63) is 29.8 Å². The second-order valence-corrected chi connectivity index (χ2v) is 4.33. The molecule has 0 saturated heterocycles. The molecule has 106 valence electrons. The molecule has 4 nitrogen and oxygen atoms in total. The van der Waals surface area contributed by atoms with E-state index in [0.717, 1.165) is 24.2 Å². The number of hydrogen-bond donors (Lipinski definition) is 1. The molecule has 0 aliphatic heterocycles. The number of ether oxygens (including phenoxy) is 2. The van der Waals surface area contributed by atoms with E-state index in [1.54, 1.807) is 0 Å². The molecule has 0 unspecified atom stereocenters. The second kappa shape index (κ2) is 8.53. The molecular weight excluding hydrogens is 244 g/mol. The Morgan fingerprint density at radius 1 is 1.26 bits per heavy atom. The van der Waals surface area contributed by atoms with Crippen LogP contribution in [0.1, 0.15) is 32.3 Å². The molecule has 1 atom stereocenters. The molecule has 0 aliphatic rings. The lowest BCUT2D eigenvalue weighted by Gasteiger charge is -2.13. The molecule has 0 saturated carbocycles. The van der Waals surface area contributed by atoms with Crippen LogP contribution in [0.4, 0.5) is 0 Å². The van der Waals surface area contributed by atoms with Crippen molar-refractivity contribution in [3.8, 4) is 5.75 Å². The topological polar surface area (TPSA) is 55.8 Å². The van der Waals surface area contributed by atoms with Crippen molar-refractivity contribution >= 4 is 5.97 Å². The minimum atomic E-state index is -0.912. The lowest BCUT2D eigenvalue weighted by Crippen LogP contribution is -2.26. The summed E-state index contributed by atoms with van der Waals surface area (Å²) in [6, 6.07) is 7.46. The number of carbonyl (C=O) groups is 1. The number of carboxylic acid groups (broad SMARTS) is 1. The highest BCUT2D eigenvalue weighted by Gasteiger charge is 2.18. The first kappa shape index (κ1) is 15.5. The van der Waals surface area contributed by atoms with Gasteiger partial charge in [-0.2, -0.15) is 0 Å². The predicted molar refractivity (Wildman–Crippen MR) is 73.6 cm³/mol. The molecule has 1 aromatic rings. The Morgan fingerprint density at radius 2 is 1.95 bits per heavy atom. The number of carboxylic acids is 1. The molecule has 0 heterocycles. The molecule has 0 aliphatic carbocycles. The van der Waals surface area contributed by atoms with Gasteiger partial charge in [0.25, 0.3) is 0 Å². The van der Waals surface area contributed by atoms with E-state index >= 15 is 0 Å². The van der Waals surface area contributed by atoms with E-state index in [2.05, 4.69) is 0 Å². The Kier molecular flexibility index (Phi) is 6.97. The van der Waals surface area contributed by atoms with E-state index in [9.17, 15) is 4.79 Å². The van der Waals surface area contributed by atoms with Gasteiger partial charge in [0, 0.05) is 13.0 Å². The van der Waals surface area contributed by atoms with Crippen LogP contribution >= 0.6 is 0 Å². The van der Waals surface area contributed by atoms with Crippen molar-refractivity contribution < 1.29 is 19.4 Å². The summed E-state index contributed by atoms with van der Waals surface area (Å²) in [7, 11) is 0. The average Bonchev–Trinajstić information content (AvgIpc) is 2.40. The van der Waals surface area contributed by atoms with Crippen LogP contribution in [0.5, 0.6) is 5.75 Å². The zero-order valence-electron chi connectivity index (χ0n) is 11.6. The van der Waals surface area contributed by atoms with Crippen molar-refractivity contribution in [3.63, 3.8) is 0 Å². The maximum absolute atomic E-state index is 11.1. The number of hydrogen-bond acceptors (Lipinski definition) is 3. The molecule has 0 fully saturated rings. The van der Waals surface area contributed by atoms with Gasteiger partial charge >= 0.3 is 5.97 Å². The molecule has 1 N–H and O–H groups in total. The minimum absolute atomic E-state index is 0.380. The zero-order chi connectivity index (χ0) is 14.1. The van der Waals surface area contributed by atoms with E-state index < -0.39 is 12.1 Å². The van der Waals surface area contributed by atoms with E-state index in [1.165, 1.54) is 0 Å². The molecule has 0 radical (unpaired) electrons. The molecule has 0 bridgehead atoms. The first-order valence-corrected chi connectivity index (χ1v) is 6.73. The molecule has 1 rings (SSSR count). The minimum Gasteiger partial charge on any atom is -0.494 e. The Hall–Kier alpha value is -1.55. The monoisotopic (exact) mass is 266 g/mol. The van der Waals surface area contributed by atoms with E-state index in [1.807, 2.05) is 38.1 Å². The summed E-state index contributed by atoms with van der Waals surface area (Å²) < 4.78 is 10.7. The van der Waals surface area contributed by atoms with Crippen molar-refractivity contribution in [1.29, 1.82) is 0 Å². The molecule has 4 heteroatoms. The SMILES string of the molecule is CCCCO[C@H](Cc1ccc(OCC)cc1)C(=O)O. The average molecular weight is 266 g/mol. The Labute approximate surface area is 114 Å². The van der Waals surface area contributed by atoms with Gasteiger partial charge in [-0.25, -0.2) is 4.79 Å². The van der Waals surface area contributed by atoms with Crippen molar-refractivity contribution in [2.24, 2.45) is 0 Å². The highest BCUT2D eigenvalue weighted by atomic mass is 16.5. The normalized spacial score (nSPS) is 12.1. The second-order valence-electron chi connectivity index (χ2n) is 4.33. The van der Waals surface area contributed by atoms with E-state index in [0.29, 0.717) is 19.6 Å². The zero-order valence-corrected chi connectivity index (χ0v) is 11.6. The largest absolute Gasteiger partial charge is 0.494 e. The van der Waals surface area contributed by atoms with E-state index in [-0.39, 0.29) is 0 Å². The third-order valence-corrected chi connectivity index (χ3v) is 2.75. The smallest absolute Gasteiger partial charge is 0.333 e. The van der Waals surface area contributed by atoms with Crippen LogP contribution < -0.4 is 4.74 Å². The summed E-state index contributed by atoms with van der Waals surface area (Å²) in [4.78, 5) is 11.1. The fourth-order valence-corrected chi connectivity index (χ4v) is 1.69. The summed E-state index contributed by atoms with van der Waals surface area (Å²) in [5.41, 5.74) is 0.937. The summed E-state index contributed by atoms with van der Waals surface area (Å²) >= 11 is 0. The summed E-state index contributed by atoms with van der Waals surface area (Å²) in [5, 5.41) is 9.12. The summed E-state index contributed by atoms with van der Waals surface area (Å²) in [6.07, 6.45) is 1.48.